The molecule has 1 unspecified atom stereocenters. The highest BCUT2D eigenvalue weighted by atomic mass is 16.5. The maximum atomic E-state index is 10.9. The first-order valence-corrected chi connectivity index (χ1v) is 5.37. The zero-order chi connectivity index (χ0) is 11.0. The molecule has 0 amide bonds. The fraction of sp³-hybridized carbons (Fsp3) is 0.750. The van der Waals surface area contributed by atoms with Gasteiger partial charge in [-0.15, -0.1) is 0 Å². The lowest BCUT2D eigenvalue weighted by Gasteiger charge is -2.27. The molecule has 0 aromatic carbocycles. The van der Waals surface area contributed by atoms with Gasteiger partial charge in [0.2, 0.25) is 0 Å². The fourth-order valence-corrected chi connectivity index (χ4v) is 1.26. The van der Waals surface area contributed by atoms with E-state index in [2.05, 4.69) is 27.4 Å². The van der Waals surface area contributed by atoms with Gasteiger partial charge in [0.1, 0.15) is 0 Å². The van der Waals surface area contributed by atoms with Crippen molar-refractivity contribution in [3.05, 3.63) is 12.7 Å². The Labute approximate surface area is 87.3 Å². The minimum Gasteiger partial charge on any atom is -0.462 e. The van der Waals surface area contributed by atoms with E-state index in [1.165, 1.54) is 18.9 Å². The predicted molar refractivity (Wildman–Crippen MR) is 59.1 cm³/mol. The molecule has 0 saturated carbocycles. The van der Waals surface area contributed by atoms with Crippen LogP contribution in [0.15, 0.2) is 12.7 Å². The van der Waals surface area contributed by atoms with Gasteiger partial charge in [0.05, 0.1) is 6.61 Å². The van der Waals surface area contributed by atoms with Gasteiger partial charge in [-0.25, -0.2) is 4.79 Å². The number of esters is 1. The molecule has 0 heterocycles. The van der Waals surface area contributed by atoms with Gasteiger partial charge in [-0.2, -0.15) is 0 Å². The minimum absolute atomic E-state index is 0.134. The molecule has 0 rings (SSSR count). The molecular weight excluding hydrogens is 176 g/mol. The Bertz CT molecular complexity index is 187. The molecule has 82 valence electrons. The third-order valence-electron chi connectivity index (χ3n) is 2.72. The smallest absolute Gasteiger partial charge is 0.330 e. The second-order valence-electron chi connectivity index (χ2n) is 4.08. The minimum atomic E-state index is -0.318. The SMILES string of the molecule is C=CC(=O)OCC(C)(CC)CCCC. The summed E-state index contributed by atoms with van der Waals surface area (Å²) in [6, 6.07) is 0. The van der Waals surface area contributed by atoms with Crippen molar-refractivity contribution < 1.29 is 9.53 Å². The van der Waals surface area contributed by atoms with Crippen LogP contribution in [-0.2, 0) is 9.53 Å². The Kier molecular flexibility index (Phi) is 6.26. The average molecular weight is 198 g/mol. The van der Waals surface area contributed by atoms with Crippen LogP contribution in [0.2, 0.25) is 0 Å². The van der Waals surface area contributed by atoms with Gasteiger partial charge >= 0.3 is 5.97 Å². The molecular formula is C12H22O2. The lowest BCUT2D eigenvalue weighted by molar-refractivity contribution is -0.141. The Morgan fingerprint density at radius 3 is 2.57 bits per heavy atom. The quantitative estimate of drug-likeness (QED) is 0.463. The Morgan fingerprint density at radius 2 is 2.14 bits per heavy atom. The van der Waals surface area contributed by atoms with Crippen LogP contribution in [0, 0.1) is 5.41 Å². The number of hydrogen-bond donors (Lipinski definition) is 0. The summed E-state index contributed by atoms with van der Waals surface area (Å²) in [5.74, 6) is -0.318. The molecule has 0 aliphatic heterocycles. The first-order valence-electron chi connectivity index (χ1n) is 5.37. The standard InChI is InChI=1S/C12H22O2/c1-5-8-9-12(4,7-3)10-14-11(13)6-2/h6H,2,5,7-10H2,1,3-4H3. The van der Waals surface area contributed by atoms with Crippen LogP contribution in [0.25, 0.3) is 0 Å². The number of carbonyl (C=O) groups is 1. The van der Waals surface area contributed by atoms with Crippen molar-refractivity contribution in [1.82, 2.24) is 0 Å². The lowest BCUT2D eigenvalue weighted by atomic mass is 9.83. The molecule has 2 nitrogen and oxygen atoms in total. The highest BCUT2D eigenvalue weighted by Gasteiger charge is 2.22. The largest absolute Gasteiger partial charge is 0.462 e. The van der Waals surface area contributed by atoms with E-state index in [9.17, 15) is 4.79 Å². The van der Waals surface area contributed by atoms with Crippen molar-refractivity contribution in [2.75, 3.05) is 6.61 Å². The van der Waals surface area contributed by atoms with E-state index in [1.54, 1.807) is 0 Å². The molecule has 0 aromatic rings. The number of hydrogen-bond acceptors (Lipinski definition) is 2. The van der Waals surface area contributed by atoms with Crippen LogP contribution in [0.4, 0.5) is 0 Å². The molecule has 14 heavy (non-hydrogen) atoms. The van der Waals surface area contributed by atoms with E-state index in [1.807, 2.05) is 0 Å². The van der Waals surface area contributed by atoms with Crippen LogP contribution in [0.3, 0.4) is 0 Å². The zero-order valence-corrected chi connectivity index (χ0v) is 9.64. The van der Waals surface area contributed by atoms with Crippen LogP contribution in [0.5, 0.6) is 0 Å². The van der Waals surface area contributed by atoms with Gasteiger partial charge in [0.15, 0.2) is 0 Å². The summed E-state index contributed by atoms with van der Waals surface area (Å²) in [5, 5.41) is 0. The average Bonchev–Trinajstić information content (AvgIpc) is 2.23. The van der Waals surface area contributed by atoms with Gasteiger partial charge in [-0.05, 0) is 12.8 Å². The van der Waals surface area contributed by atoms with Crippen molar-refractivity contribution in [3.8, 4) is 0 Å². The highest BCUT2D eigenvalue weighted by Crippen LogP contribution is 2.28. The summed E-state index contributed by atoms with van der Waals surface area (Å²) in [5.41, 5.74) is 0.134. The van der Waals surface area contributed by atoms with Gasteiger partial charge in [0.25, 0.3) is 0 Å². The molecule has 1 atom stereocenters. The third-order valence-corrected chi connectivity index (χ3v) is 2.72. The summed E-state index contributed by atoms with van der Waals surface area (Å²) in [6.45, 7) is 10.4. The molecule has 0 spiro atoms. The predicted octanol–water partition coefficient (Wildman–Crippen LogP) is 3.32. The number of carbonyl (C=O) groups excluding carboxylic acids is 1. The first kappa shape index (κ1) is 13.2. The maximum Gasteiger partial charge on any atom is 0.330 e. The van der Waals surface area contributed by atoms with E-state index in [0.29, 0.717) is 6.61 Å². The molecule has 0 aromatic heterocycles. The molecule has 0 fully saturated rings. The van der Waals surface area contributed by atoms with E-state index < -0.39 is 0 Å². The first-order chi connectivity index (χ1) is 6.58. The summed E-state index contributed by atoms with van der Waals surface area (Å²) >= 11 is 0. The number of unbranched alkanes of at least 4 members (excludes halogenated alkanes) is 1. The van der Waals surface area contributed by atoms with Crippen molar-refractivity contribution >= 4 is 5.97 Å². The van der Waals surface area contributed by atoms with Gasteiger partial charge in [-0.3, -0.25) is 0 Å². The normalized spacial score (nSPS) is 14.5. The van der Waals surface area contributed by atoms with E-state index in [4.69, 9.17) is 4.74 Å². The Morgan fingerprint density at radius 1 is 1.50 bits per heavy atom. The van der Waals surface area contributed by atoms with Crippen molar-refractivity contribution in [2.45, 2.75) is 46.5 Å². The van der Waals surface area contributed by atoms with Crippen LogP contribution < -0.4 is 0 Å². The second kappa shape index (κ2) is 6.63. The topological polar surface area (TPSA) is 26.3 Å². The van der Waals surface area contributed by atoms with Crippen molar-refractivity contribution in [3.63, 3.8) is 0 Å². The highest BCUT2D eigenvalue weighted by molar-refractivity contribution is 5.81. The summed E-state index contributed by atoms with van der Waals surface area (Å²) in [6.07, 6.45) is 5.75. The Balaban J connectivity index is 3.97. The molecule has 0 bridgehead atoms. The molecule has 0 saturated heterocycles. The van der Waals surface area contributed by atoms with Crippen molar-refractivity contribution in [1.29, 1.82) is 0 Å². The number of rotatable bonds is 7. The van der Waals surface area contributed by atoms with Crippen LogP contribution in [-0.4, -0.2) is 12.6 Å². The number of ether oxygens (including phenoxy) is 1. The van der Waals surface area contributed by atoms with E-state index in [0.717, 1.165) is 12.8 Å². The third kappa shape index (κ3) is 5.05. The molecule has 0 N–H and O–H groups in total. The summed E-state index contributed by atoms with van der Waals surface area (Å²) < 4.78 is 5.09. The summed E-state index contributed by atoms with van der Waals surface area (Å²) in [7, 11) is 0. The maximum absolute atomic E-state index is 10.9. The van der Waals surface area contributed by atoms with Gasteiger partial charge in [0, 0.05) is 11.5 Å². The van der Waals surface area contributed by atoms with E-state index in [-0.39, 0.29) is 11.4 Å². The fourth-order valence-electron chi connectivity index (χ4n) is 1.26. The zero-order valence-electron chi connectivity index (χ0n) is 9.64. The molecule has 0 aliphatic rings. The van der Waals surface area contributed by atoms with E-state index >= 15 is 0 Å². The van der Waals surface area contributed by atoms with Gasteiger partial charge < -0.3 is 4.74 Å². The van der Waals surface area contributed by atoms with Gasteiger partial charge in [-0.1, -0.05) is 40.2 Å². The molecule has 2 heteroatoms. The monoisotopic (exact) mass is 198 g/mol. The summed E-state index contributed by atoms with van der Waals surface area (Å²) in [4.78, 5) is 10.9. The van der Waals surface area contributed by atoms with Crippen LogP contribution >= 0.6 is 0 Å². The molecule has 0 radical (unpaired) electrons. The Hall–Kier alpha value is -0.790. The second-order valence-corrected chi connectivity index (χ2v) is 4.08. The molecule has 0 aliphatic carbocycles. The lowest BCUT2D eigenvalue weighted by Crippen LogP contribution is -2.24. The van der Waals surface area contributed by atoms with Crippen LogP contribution in [0.1, 0.15) is 46.5 Å². The van der Waals surface area contributed by atoms with Crippen molar-refractivity contribution in [2.24, 2.45) is 5.41 Å².